The molecule has 4 nitrogen and oxygen atoms in total. The van der Waals surface area contributed by atoms with Crippen LogP contribution in [-0.2, 0) is 0 Å². The third-order valence-corrected chi connectivity index (χ3v) is 3.47. The van der Waals surface area contributed by atoms with Gasteiger partial charge in [0.2, 0.25) is 0 Å². The number of thiazole rings is 1. The largest absolute Gasteiger partial charge is 0.396 e. The van der Waals surface area contributed by atoms with Crippen molar-refractivity contribution in [1.82, 2.24) is 14.8 Å². The number of hydrogen-bond acceptors (Lipinski definition) is 4. The maximum absolute atomic E-state index is 5.96. The Morgan fingerprint density at radius 2 is 2.22 bits per heavy atom. The van der Waals surface area contributed by atoms with Gasteiger partial charge < -0.3 is 5.73 Å². The average Bonchev–Trinajstić information content (AvgIpc) is 2.97. The molecule has 0 unspecified atom stereocenters. The van der Waals surface area contributed by atoms with Gasteiger partial charge in [-0.25, -0.2) is 9.67 Å². The lowest BCUT2D eigenvalue weighted by atomic mass is 10.3. The Morgan fingerprint density at radius 1 is 1.33 bits per heavy atom. The summed E-state index contributed by atoms with van der Waals surface area (Å²) in [6.07, 6.45) is 3.50. The minimum Gasteiger partial charge on any atom is -0.396 e. The Kier molecular flexibility index (Phi) is 2.77. The normalized spacial score (nSPS) is 10.7. The zero-order valence-corrected chi connectivity index (χ0v) is 10.8. The van der Waals surface area contributed by atoms with Crippen molar-refractivity contribution in [3.8, 4) is 16.4 Å². The Labute approximate surface area is 113 Å². The number of anilines is 1. The lowest BCUT2D eigenvalue weighted by Crippen LogP contribution is -1.94. The Hall–Kier alpha value is -1.85. The first-order chi connectivity index (χ1) is 8.74. The fourth-order valence-corrected chi connectivity index (χ4v) is 2.47. The fraction of sp³-hybridized carbons (Fsp3) is 0. The first kappa shape index (κ1) is 11.3. The average molecular weight is 277 g/mol. The third-order valence-electron chi connectivity index (χ3n) is 2.45. The second kappa shape index (κ2) is 4.44. The zero-order valence-electron chi connectivity index (χ0n) is 9.25. The Morgan fingerprint density at radius 3 is 2.94 bits per heavy atom. The van der Waals surface area contributed by atoms with E-state index in [0.29, 0.717) is 16.4 Å². The highest BCUT2D eigenvalue weighted by molar-refractivity contribution is 7.13. The molecule has 2 N–H and O–H groups in total. The second-order valence-corrected chi connectivity index (χ2v) is 5.03. The molecule has 0 spiro atoms. The molecule has 2 heterocycles. The summed E-state index contributed by atoms with van der Waals surface area (Å²) in [7, 11) is 0. The molecular weight excluding hydrogens is 268 g/mol. The van der Waals surface area contributed by atoms with Crippen LogP contribution in [0.15, 0.2) is 42.0 Å². The molecule has 3 rings (SSSR count). The summed E-state index contributed by atoms with van der Waals surface area (Å²) >= 11 is 7.47. The topological polar surface area (TPSA) is 56.7 Å². The molecule has 0 saturated carbocycles. The van der Waals surface area contributed by atoms with Crippen LogP contribution < -0.4 is 5.73 Å². The summed E-state index contributed by atoms with van der Waals surface area (Å²) in [5.41, 5.74) is 8.13. The molecule has 3 aromatic rings. The lowest BCUT2D eigenvalue weighted by Gasteiger charge is -2.00. The summed E-state index contributed by atoms with van der Waals surface area (Å²) in [6, 6.07) is 7.45. The summed E-state index contributed by atoms with van der Waals surface area (Å²) < 4.78 is 1.71. The van der Waals surface area contributed by atoms with Crippen molar-refractivity contribution in [1.29, 1.82) is 0 Å². The zero-order chi connectivity index (χ0) is 12.5. The predicted octanol–water partition coefficient (Wildman–Crippen LogP) is 3.23. The highest BCUT2D eigenvalue weighted by atomic mass is 35.5. The van der Waals surface area contributed by atoms with E-state index in [9.17, 15) is 0 Å². The molecule has 0 atom stereocenters. The van der Waals surface area contributed by atoms with E-state index in [2.05, 4.69) is 10.1 Å². The van der Waals surface area contributed by atoms with E-state index in [1.165, 1.54) is 11.3 Å². The Bertz CT molecular complexity index is 675. The van der Waals surface area contributed by atoms with Gasteiger partial charge in [0, 0.05) is 16.6 Å². The van der Waals surface area contributed by atoms with Crippen LogP contribution in [0.5, 0.6) is 0 Å². The molecule has 0 fully saturated rings. The van der Waals surface area contributed by atoms with Gasteiger partial charge >= 0.3 is 0 Å². The molecule has 6 heteroatoms. The maximum atomic E-state index is 5.96. The molecular formula is C12H9ClN4S. The lowest BCUT2D eigenvalue weighted by molar-refractivity contribution is 0.884. The summed E-state index contributed by atoms with van der Waals surface area (Å²) in [4.78, 5) is 4.21. The van der Waals surface area contributed by atoms with Gasteiger partial charge in [-0.3, -0.25) is 0 Å². The SMILES string of the molecule is Nc1cn(-c2cccc(Cl)c2)nc1-c1nccs1. The fourth-order valence-electron chi connectivity index (χ4n) is 1.64. The van der Waals surface area contributed by atoms with Gasteiger partial charge in [-0.05, 0) is 18.2 Å². The van der Waals surface area contributed by atoms with Gasteiger partial charge in [-0.1, -0.05) is 17.7 Å². The first-order valence-electron chi connectivity index (χ1n) is 5.25. The van der Waals surface area contributed by atoms with Crippen LogP contribution in [0, 0.1) is 0 Å². The highest BCUT2D eigenvalue weighted by Crippen LogP contribution is 2.27. The van der Waals surface area contributed by atoms with E-state index < -0.39 is 0 Å². The molecule has 90 valence electrons. The van der Waals surface area contributed by atoms with E-state index in [0.717, 1.165) is 10.7 Å². The van der Waals surface area contributed by atoms with Gasteiger partial charge in [-0.15, -0.1) is 11.3 Å². The summed E-state index contributed by atoms with van der Waals surface area (Å²) in [5.74, 6) is 0. The summed E-state index contributed by atoms with van der Waals surface area (Å²) in [6.45, 7) is 0. The number of nitrogen functional groups attached to an aromatic ring is 1. The minimum absolute atomic E-state index is 0.602. The van der Waals surface area contributed by atoms with Crippen molar-refractivity contribution in [2.45, 2.75) is 0 Å². The molecule has 0 radical (unpaired) electrons. The monoisotopic (exact) mass is 276 g/mol. The number of nitrogens with zero attached hydrogens (tertiary/aromatic N) is 3. The predicted molar refractivity (Wildman–Crippen MR) is 74.1 cm³/mol. The van der Waals surface area contributed by atoms with Gasteiger partial charge in [0.05, 0.1) is 17.6 Å². The number of aromatic nitrogens is 3. The van der Waals surface area contributed by atoms with Crippen molar-refractivity contribution in [2.24, 2.45) is 0 Å². The van der Waals surface area contributed by atoms with Crippen LogP contribution in [0.2, 0.25) is 5.02 Å². The molecule has 0 bridgehead atoms. The van der Waals surface area contributed by atoms with Crippen LogP contribution in [0.4, 0.5) is 5.69 Å². The third kappa shape index (κ3) is 1.98. The minimum atomic E-state index is 0.602. The van der Waals surface area contributed by atoms with Crippen molar-refractivity contribution in [3.05, 3.63) is 47.1 Å². The van der Waals surface area contributed by atoms with Crippen LogP contribution in [0.1, 0.15) is 0 Å². The van der Waals surface area contributed by atoms with Gasteiger partial charge in [0.25, 0.3) is 0 Å². The number of hydrogen-bond donors (Lipinski definition) is 1. The number of nitrogens with two attached hydrogens (primary N) is 1. The van der Waals surface area contributed by atoms with Crippen LogP contribution in [0.3, 0.4) is 0 Å². The summed E-state index contributed by atoms with van der Waals surface area (Å²) in [5, 5.41) is 7.82. The molecule has 2 aromatic heterocycles. The van der Waals surface area contributed by atoms with Crippen LogP contribution in [0.25, 0.3) is 16.4 Å². The number of benzene rings is 1. The van der Waals surface area contributed by atoms with Crippen molar-refractivity contribution in [3.63, 3.8) is 0 Å². The van der Waals surface area contributed by atoms with Crippen LogP contribution >= 0.6 is 22.9 Å². The number of halogens is 1. The first-order valence-corrected chi connectivity index (χ1v) is 6.51. The van der Waals surface area contributed by atoms with Crippen molar-refractivity contribution in [2.75, 3.05) is 5.73 Å². The number of rotatable bonds is 2. The van der Waals surface area contributed by atoms with Gasteiger partial charge in [-0.2, -0.15) is 5.10 Å². The van der Waals surface area contributed by atoms with E-state index >= 15 is 0 Å². The van der Waals surface area contributed by atoms with Gasteiger partial charge in [0.1, 0.15) is 10.7 Å². The van der Waals surface area contributed by atoms with E-state index in [-0.39, 0.29) is 0 Å². The quantitative estimate of drug-likeness (QED) is 0.782. The smallest absolute Gasteiger partial charge is 0.145 e. The molecule has 0 aliphatic rings. The molecule has 18 heavy (non-hydrogen) atoms. The molecule has 1 aromatic carbocycles. The Balaban J connectivity index is 2.08. The molecule has 0 aliphatic carbocycles. The molecule has 0 amide bonds. The molecule has 0 aliphatic heterocycles. The highest BCUT2D eigenvalue weighted by Gasteiger charge is 2.11. The van der Waals surface area contributed by atoms with Crippen LogP contribution in [-0.4, -0.2) is 14.8 Å². The van der Waals surface area contributed by atoms with E-state index in [4.69, 9.17) is 17.3 Å². The molecule has 0 saturated heterocycles. The maximum Gasteiger partial charge on any atom is 0.145 e. The second-order valence-electron chi connectivity index (χ2n) is 3.69. The van der Waals surface area contributed by atoms with Gasteiger partial charge in [0.15, 0.2) is 0 Å². The van der Waals surface area contributed by atoms with E-state index in [1.54, 1.807) is 17.1 Å². The van der Waals surface area contributed by atoms with Crippen molar-refractivity contribution < 1.29 is 0 Å². The standard InChI is InChI=1S/C12H9ClN4S/c13-8-2-1-3-9(6-8)17-7-10(14)11(16-17)12-15-4-5-18-12/h1-7H,14H2. The van der Waals surface area contributed by atoms with Crippen molar-refractivity contribution >= 4 is 28.6 Å². The van der Waals surface area contributed by atoms with E-state index in [1.807, 2.05) is 29.6 Å².